The predicted octanol–water partition coefficient (Wildman–Crippen LogP) is 4.26. The third-order valence-electron chi connectivity index (χ3n) is 5.96. The predicted molar refractivity (Wildman–Crippen MR) is 127 cm³/mol. The van der Waals surface area contributed by atoms with Crippen molar-refractivity contribution in [1.82, 2.24) is 14.6 Å². The number of pyridine rings is 1. The van der Waals surface area contributed by atoms with Crippen molar-refractivity contribution in [1.29, 1.82) is 0 Å². The number of carbonyl (C=O) groups is 1. The third-order valence-corrected chi connectivity index (χ3v) is 8.29. The van der Waals surface area contributed by atoms with Crippen molar-refractivity contribution in [2.75, 3.05) is 18.0 Å². The quantitative estimate of drug-likeness (QED) is 0.624. The number of piperidine rings is 1. The number of alkyl halides is 3. The number of halogens is 4. The average molecular weight is 529 g/mol. The standard InChI is InChI=1S/C23H24ClF3N4O3S/c1-14(2)31-22(32)19(20(35(31,33)34)15-6-4-3-5-7-15)29-17-8-10-30(11-9-17)21-18(24)12-16(13-28-21)23(25,26)27/h3-7,12-14,17,29H,8-11H2,1-2H3. The van der Waals surface area contributed by atoms with Gasteiger partial charge in [0, 0.05) is 31.4 Å². The first-order chi connectivity index (χ1) is 16.4. The zero-order valence-corrected chi connectivity index (χ0v) is 20.6. The molecule has 35 heavy (non-hydrogen) atoms. The van der Waals surface area contributed by atoms with Gasteiger partial charge in [0.25, 0.3) is 15.9 Å². The van der Waals surface area contributed by atoms with Gasteiger partial charge in [-0.2, -0.15) is 13.2 Å². The highest BCUT2D eigenvalue weighted by Crippen LogP contribution is 2.37. The number of amides is 1. The van der Waals surface area contributed by atoms with Gasteiger partial charge in [-0.3, -0.25) is 4.79 Å². The molecule has 12 heteroatoms. The molecule has 2 aliphatic rings. The van der Waals surface area contributed by atoms with E-state index in [-0.39, 0.29) is 27.5 Å². The van der Waals surface area contributed by atoms with E-state index in [2.05, 4.69) is 10.3 Å². The second-order valence-electron chi connectivity index (χ2n) is 8.70. The third kappa shape index (κ3) is 4.84. The van der Waals surface area contributed by atoms with Crippen molar-refractivity contribution in [3.63, 3.8) is 0 Å². The lowest BCUT2D eigenvalue weighted by Crippen LogP contribution is -2.45. The summed E-state index contributed by atoms with van der Waals surface area (Å²) >= 11 is 6.08. The van der Waals surface area contributed by atoms with Crippen LogP contribution in [0.15, 0.2) is 48.3 Å². The summed E-state index contributed by atoms with van der Waals surface area (Å²) in [7, 11) is -4.03. The molecule has 0 saturated carbocycles. The molecule has 0 spiro atoms. The molecular weight excluding hydrogens is 505 g/mol. The maximum atomic E-state index is 13.3. The Morgan fingerprint density at radius 1 is 1.14 bits per heavy atom. The molecule has 1 amide bonds. The molecule has 4 rings (SSSR count). The minimum Gasteiger partial charge on any atom is -0.377 e. The first-order valence-electron chi connectivity index (χ1n) is 11.0. The maximum absolute atomic E-state index is 13.3. The SMILES string of the molecule is CC(C)N1C(=O)C(NC2CCN(c3ncc(C(F)(F)F)cc3Cl)CC2)=C(c2ccccc2)S1(=O)=O. The molecule has 1 aromatic heterocycles. The highest BCUT2D eigenvalue weighted by atomic mass is 35.5. The van der Waals surface area contributed by atoms with Gasteiger partial charge >= 0.3 is 6.18 Å². The molecule has 3 heterocycles. The summed E-state index contributed by atoms with van der Waals surface area (Å²) in [5, 5.41) is 3.06. The molecule has 2 aromatic rings. The van der Waals surface area contributed by atoms with Crippen LogP contribution in [-0.2, 0) is 21.0 Å². The second-order valence-corrected chi connectivity index (χ2v) is 10.9. The fraction of sp³-hybridized carbons (Fsp3) is 0.391. The second kappa shape index (κ2) is 9.34. The van der Waals surface area contributed by atoms with Crippen LogP contribution in [-0.4, -0.2) is 48.8 Å². The van der Waals surface area contributed by atoms with Gasteiger partial charge < -0.3 is 10.2 Å². The number of benzene rings is 1. The Morgan fingerprint density at radius 2 is 1.77 bits per heavy atom. The Bertz CT molecular complexity index is 1260. The monoisotopic (exact) mass is 528 g/mol. The number of carbonyl (C=O) groups excluding carboxylic acids is 1. The first kappa shape index (κ1) is 25.3. The van der Waals surface area contributed by atoms with Crippen LogP contribution < -0.4 is 10.2 Å². The Balaban J connectivity index is 1.55. The van der Waals surface area contributed by atoms with E-state index in [1.165, 1.54) is 0 Å². The van der Waals surface area contributed by atoms with Crippen LogP contribution in [0.2, 0.25) is 5.02 Å². The van der Waals surface area contributed by atoms with E-state index < -0.39 is 33.7 Å². The summed E-state index contributed by atoms with van der Waals surface area (Å²) in [5.41, 5.74) is -0.461. The molecule has 0 bridgehead atoms. The van der Waals surface area contributed by atoms with E-state index in [1.54, 1.807) is 49.1 Å². The van der Waals surface area contributed by atoms with Gasteiger partial charge in [-0.05, 0) is 38.3 Å². The molecule has 1 saturated heterocycles. The molecule has 0 unspecified atom stereocenters. The van der Waals surface area contributed by atoms with Crippen LogP contribution in [0.1, 0.15) is 37.8 Å². The van der Waals surface area contributed by atoms with Gasteiger partial charge in [0.15, 0.2) is 0 Å². The number of aromatic nitrogens is 1. The minimum absolute atomic E-state index is 0.0361. The van der Waals surface area contributed by atoms with Gasteiger partial charge in [-0.1, -0.05) is 41.9 Å². The Morgan fingerprint density at radius 3 is 2.31 bits per heavy atom. The van der Waals surface area contributed by atoms with E-state index in [4.69, 9.17) is 11.6 Å². The normalized spacial score (nSPS) is 19.1. The first-order valence-corrected chi connectivity index (χ1v) is 12.9. The van der Waals surface area contributed by atoms with E-state index in [0.717, 1.165) is 16.6 Å². The highest BCUT2D eigenvalue weighted by molar-refractivity contribution is 7.99. The smallest absolute Gasteiger partial charge is 0.377 e. The number of hydrogen-bond donors (Lipinski definition) is 1. The zero-order valence-electron chi connectivity index (χ0n) is 19.0. The van der Waals surface area contributed by atoms with E-state index in [9.17, 15) is 26.4 Å². The van der Waals surface area contributed by atoms with Crippen molar-refractivity contribution in [3.05, 3.63) is 64.4 Å². The maximum Gasteiger partial charge on any atom is 0.417 e. The van der Waals surface area contributed by atoms with Crippen molar-refractivity contribution < 1.29 is 26.4 Å². The van der Waals surface area contributed by atoms with Crippen LogP contribution in [0.4, 0.5) is 19.0 Å². The molecule has 188 valence electrons. The summed E-state index contributed by atoms with van der Waals surface area (Å²) in [6.45, 7) is 4.11. The Kier molecular flexibility index (Phi) is 6.76. The lowest BCUT2D eigenvalue weighted by molar-refractivity contribution is -0.137. The number of anilines is 1. The number of nitrogens with one attached hydrogen (secondary N) is 1. The lowest BCUT2D eigenvalue weighted by atomic mass is 10.0. The van der Waals surface area contributed by atoms with Gasteiger partial charge in [0.05, 0.1) is 10.6 Å². The highest BCUT2D eigenvalue weighted by Gasteiger charge is 2.46. The van der Waals surface area contributed by atoms with Gasteiger partial charge in [0.1, 0.15) is 16.4 Å². The molecule has 1 fully saturated rings. The van der Waals surface area contributed by atoms with E-state index in [1.807, 2.05) is 0 Å². The summed E-state index contributed by atoms with van der Waals surface area (Å²) in [6, 6.07) is 8.54. The molecule has 0 atom stereocenters. The van der Waals surface area contributed by atoms with Crippen LogP contribution in [0.3, 0.4) is 0 Å². The fourth-order valence-electron chi connectivity index (χ4n) is 4.32. The van der Waals surface area contributed by atoms with E-state index in [0.29, 0.717) is 31.5 Å². The molecule has 0 radical (unpaired) electrons. The zero-order chi connectivity index (χ0) is 25.5. The number of nitrogens with zero attached hydrogens (tertiary/aromatic N) is 3. The Hall–Kier alpha value is -2.79. The van der Waals surface area contributed by atoms with Gasteiger partial charge in [0.2, 0.25) is 0 Å². The summed E-state index contributed by atoms with van der Waals surface area (Å²) in [6.07, 6.45) is -2.78. The number of hydrogen-bond acceptors (Lipinski definition) is 6. The van der Waals surface area contributed by atoms with E-state index >= 15 is 0 Å². The van der Waals surface area contributed by atoms with Gasteiger partial charge in [-0.25, -0.2) is 17.7 Å². The average Bonchev–Trinajstić information content (AvgIpc) is 2.98. The lowest BCUT2D eigenvalue weighted by Gasteiger charge is -2.34. The number of sulfonamides is 1. The molecule has 2 aliphatic heterocycles. The molecule has 0 aliphatic carbocycles. The van der Waals surface area contributed by atoms with Crippen LogP contribution >= 0.6 is 11.6 Å². The molecule has 1 N–H and O–H groups in total. The van der Waals surface area contributed by atoms with Crippen LogP contribution in [0.25, 0.3) is 4.91 Å². The number of rotatable bonds is 5. The minimum atomic E-state index is -4.53. The van der Waals surface area contributed by atoms with Crippen molar-refractivity contribution >= 4 is 38.3 Å². The van der Waals surface area contributed by atoms with Gasteiger partial charge in [-0.15, -0.1) is 0 Å². The Labute approximate surface area is 206 Å². The summed E-state index contributed by atoms with van der Waals surface area (Å²) < 4.78 is 66.1. The molecular formula is C23H24ClF3N4O3S. The summed E-state index contributed by atoms with van der Waals surface area (Å²) in [4.78, 5) is 18.8. The van der Waals surface area contributed by atoms with Crippen molar-refractivity contribution in [3.8, 4) is 0 Å². The topological polar surface area (TPSA) is 82.6 Å². The molecule has 7 nitrogen and oxygen atoms in total. The van der Waals surface area contributed by atoms with Crippen LogP contribution in [0, 0.1) is 0 Å². The fourth-order valence-corrected chi connectivity index (χ4v) is 6.51. The molecule has 1 aromatic carbocycles. The van der Waals surface area contributed by atoms with Crippen molar-refractivity contribution in [2.24, 2.45) is 0 Å². The van der Waals surface area contributed by atoms with Crippen molar-refractivity contribution in [2.45, 2.75) is 44.9 Å². The largest absolute Gasteiger partial charge is 0.417 e. The summed E-state index contributed by atoms with van der Waals surface area (Å²) in [5.74, 6) is -0.346. The van der Waals surface area contributed by atoms with Crippen LogP contribution in [0.5, 0.6) is 0 Å².